The van der Waals surface area contributed by atoms with E-state index in [1.54, 1.807) is 24.3 Å². The maximum atomic E-state index is 14.5. The van der Waals surface area contributed by atoms with Gasteiger partial charge in [-0.15, -0.1) is 11.8 Å². The highest BCUT2D eigenvalue weighted by Gasteiger charge is 2.29. The number of nitrogens with zero attached hydrogens (tertiary/aromatic N) is 1. The summed E-state index contributed by atoms with van der Waals surface area (Å²) in [5, 5.41) is 2.73. The topological polar surface area (TPSA) is 66.5 Å². The first-order chi connectivity index (χ1) is 14.3. The number of rotatable bonds is 7. The third-order valence-corrected chi connectivity index (χ3v) is 6.97. The minimum atomic E-state index is -4.17. The van der Waals surface area contributed by atoms with E-state index in [4.69, 9.17) is 0 Å². The smallest absolute Gasteiger partial charge is 0.264 e. The zero-order valence-corrected chi connectivity index (χ0v) is 18.1. The van der Waals surface area contributed by atoms with Crippen LogP contribution < -0.4 is 9.62 Å². The van der Waals surface area contributed by atoms with Crippen LogP contribution in [0.15, 0.2) is 82.6 Å². The lowest BCUT2D eigenvalue weighted by atomic mass is 10.2. The molecule has 3 aromatic carbocycles. The van der Waals surface area contributed by atoms with Crippen molar-refractivity contribution in [1.29, 1.82) is 0 Å². The van der Waals surface area contributed by atoms with Gasteiger partial charge in [-0.3, -0.25) is 9.10 Å². The van der Waals surface area contributed by atoms with Gasteiger partial charge in [-0.25, -0.2) is 12.8 Å². The van der Waals surface area contributed by atoms with Crippen molar-refractivity contribution in [1.82, 2.24) is 0 Å². The largest absolute Gasteiger partial charge is 0.323 e. The van der Waals surface area contributed by atoms with E-state index in [-0.39, 0.29) is 10.6 Å². The van der Waals surface area contributed by atoms with Gasteiger partial charge in [0, 0.05) is 4.90 Å². The molecular weight excluding hydrogens is 423 g/mol. The lowest BCUT2D eigenvalue weighted by molar-refractivity contribution is -0.114. The van der Waals surface area contributed by atoms with Crippen LogP contribution in [-0.4, -0.2) is 27.1 Å². The number of nitrogens with one attached hydrogen (secondary N) is 1. The number of halogens is 1. The molecule has 5 nitrogen and oxygen atoms in total. The van der Waals surface area contributed by atoms with Crippen molar-refractivity contribution < 1.29 is 17.6 Å². The zero-order chi connectivity index (χ0) is 21.7. The van der Waals surface area contributed by atoms with Gasteiger partial charge in [0.05, 0.1) is 16.3 Å². The minimum absolute atomic E-state index is 0.0198. The van der Waals surface area contributed by atoms with Crippen LogP contribution in [-0.2, 0) is 14.8 Å². The number of carbonyl (C=O) groups is 1. The summed E-state index contributed by atoms with van der Waals surface area (Å²) in [5.41, 5.74) is 1.26. The maximum absolute atomic E-state index is 14.5. The number of anilines is 2. The molecule has 0 fully saturated rings. The lowest BCUT2D eigenvalue weighted by Crippen LogP contribution is -2.38. The van der Waals surface area contributed by atoms with Crippen LogP contribution in [0.1, 0.15) is 5.56 Å². The molecule has 8 heteroatoms. The number of hydrogen-bond donors (Lipinski definition) is 1. The summed E-state index contributed by atoms with van der Waals surface area (Å²) in [6.45, 7) is 1.27. The fraction of sp³-hybridized carbons (Fsp3) is 0.136. The Bertz CT molecular complexity index is 1150. The van der Waals surface area contributed by atoms with E-state index in [2.05, 4.69) is 5.32 Å². The van der Waals surface area contributed by atoms with Gasteiger partial charge in [0.1, 0.15) is 12.4 Å². The number of thioether (sulfide) groups is 1. The van der Waals surface area contributed by atoms with E-state index in [1.807, 2.05) is 25.3 Å². The van der Waals surface area contributed by atoms with Gasteiger partial charge in [0.15, 0.2) is 0 Å². The second-order valence-corrected chi connectivity index (χ2v) is 9.23. The van der Waals surface area contributed by atoms with Crippen LogP contribution in [0.25, 0.3) is 0 Å². The monoisotopic (exact) mass is 444 g/mol. The molecule has 0 atom stereocenters. The van der Waals surface area contributed by atoms with Gasteiger partial charge >= 0.3 is 0 Å². The van der Waals surface area contributed by atoms with Gasteiger partial charge in [0.2, 0.25) is 5.91 Å². The van der Waals surface area contributed by atoms with E-state index in [1.165, 1.54) is 42.1 Å². The summed E-state index contributed by atoms with van der Waals surface area (Å²) in [7, 11) is -4.17. The third kappa shape index (κ3) is 4.83. The Hall–Kier alpha value is -2.84. The lowest BCUT2D eigenvalue weighted by Gasteiger charge is -2.24. The average Bonchev–Trinajstić information content (AvgIpc) is 2.73. The summed E-state index contributed by atoms with van der Waals surface area (Å²) < 4.78 is 41.9. The third-order valence-electron chi connectivity index (χ3n) is 4.40. The van der Waals surface area contributed by atoms with Crippen molar-refractivity contribution in [3.63, 3.8) is 0 Å². The van der Waals surface area contributed by atoms with Crippen molar-refractivity contribution in [2.75, 3.05) is 22.4 Å². The summed E-state index contributed by atoms with van der Waals surface area (Å²) in [6.07, 6.45) is 1.87. The molecule has 1 amide bonds. The molecule has 0 aliphatic rings. The predicted molar refractivity (Wildman–Crippen MR) is 119 cm³/mol. The molecular formula is C22H21FN2O3S2. The van der Waals surface area contributed by atoms with Gasteiger partial charge in [-0.05, 0) is 49.6 Å². The molecule has 0 bridgehead atoms. The maximum Gasteiger partial charge on any atom is 0.264 e. The summed E-state index contributed by atoms with van der Waals surface area (Å²) >= 11 is 1.45. The van der Waals surface area contributed by atoms with E-state index in [0.717, 1.165) is 20.8 Å². The number of carbonyl (C=O) groups excluding carboxylic acids is 1. The van der Waals surface area contributed by atoms with E-state index >= 15 is 0 Å². The van der Waals surface area contributed by atoms with Crippen molar-refractivity contribution in [2.45, 2.75) is 16.7 Å². The molecule has 156 valence electrons. The zero-order valence-electron chi connectivity index (χ0n) is 16.5. The molecule has 0 aliphatic carbocycles. The number of hydrogen-bond acceptors (Lipinski definition) is 4. The van der Waals surface area contributed by atoms with Crippen LogP contribution in [0.4, 0.5) is 15.8 Å². The normalized spacial score (nSPS) is 11.2. The molecule has 0 aliphatic heterocycles. The second kappa shape index (κ2) is 9.32. The van der Waals surface area contributed by atoms with Gasteiger partial charge in [-0.2, -0.15) is 0 Å². The molecule has 0 saturated heterocycles. The Balaban J connectivity index is 1.97. The minimum Gasteiger partial charge on any atom is -0.323 e. The molecule has 0 heterocycles. The Morgan fingerprint density at radius 1 is 1.00 bits per heavy atom. The van der Waals surface area contributed by atoms with Crippen LogP contribution in [0.2, 0.25) is 0 Å². The molecule has 0 spiro atoms. The summed E-state index contributed by atoms with van der Waals surface area (Å²) in [4.78, 5) is 13.6. The first kappa shape index (κ1) is 21.9. The summed E-state index contributed by atoms with van der Waals surface area (Å²) in [6, 6.07) is 18.9. The Morgan fingerprint density at radius 2 is 1.63 bits per heavy atom. The summed E-state index contributed by atoms with van der Waals surface area (Å²) in [5.74, 6) is -1.30. The van der Waals surface area contributed by atoms with Crippen molar-refractivity contribution >= 4 is 39.1 Å². The molecule has 30 heavy (non-hydrogen) atoms. The number of sulfonamides is 1. The first-order valence-corrected chi connectivity index (χ1v) is 11.8. The highest BCUT2D eigenvalue weighted by molar-refractivity contribution is 7.98. The number of para-hydroxylation sites is 2. The molecule has 0 radical (unpaired) electrons. The second-order valence-electron chi connectivity index (χ2n) is 6.52. The standard InChI is InChI=1S/C22H21FN2O3S2/c1-16-11-13-17(14-12-16)30(27,28)25(20-9-5-3-7-18(20)23)15-22(26)24-19-8-4-6-10-21(19)29-2/h3-14H,15H2,1-2H3,(H,24,26). The number of benzene rings is 3. The van der Waals surface area contributed by atoms with Gasteiger partial charge in [0.25, 0.3) is 10.0 Å². The fourth-order valence-electron chi connectivity index (χ4n) is 2.86. The van der Waals surface area contributed by atoms with Crippen LogP contribution in [0, 0.1) is 12.7 Å². The Kier molecular flexibility index (Phi) is 6.79. The van der Waals surface area contributed by atoms with E-state index in [0.29, 0.717) is 5.69 Å². The van der Waals surface area contributed by atoms with Gasteiger partial charge < -0.3 is 5.32 Å². The van der Waals surface area contributed by atoms with E-state index in [9.17, 15) is 17.6 Å². The average molecular weight is 445 g/mol. The van der Waals surface area contributed by atoms with Crippen LogP contribution >= 0.6 is 11.8 Å². The first-order valence-electron chi connectivity index (χ1n) is 9.09. The Labute approximate surface area is 180 Å². The van der Waals surface area contributed by atoms with E-state index < -0.39 is 28.3 Å². The highest BCUT2D eigenvalue weighted by atomic mass is 32.2. The molecule has 1 N–H and O–H groups in total. The predicted octanol–water partition coefficient (Wildman–Crippen LogP) is 4.69. The fourth-order valence-corrected chi connectivity index (χ4v) is 4.84. The van der Waals surface area contributed by atoms with Crippen molar-refractivity contribution in [2.24, 2.45) is 0 Å². The SMILES string of the molecule is CSc1ccccc1NC(=O)CN(c1ccccc1F)S(=O)(=O)c1ccc(C)cc1. The van der Waals surface area contributed by atoms with Crippen LogP contribution in [0.3, 0.4) is 0 Å². The molecule has 0 saturated carbocycles. The molecule has 3 aromatic rings. The highest BCUT2D eigenvalue weighted by Crippen LogP contribution is 2.28. The molecule has 0 unspecified atom stereocenters. The van der Waals surface area contributed by atoms with Gasteiger partial charge in [-0.1, -0.05) is 42.0 Å². The quantitative estimate of drug-likeness (QED) is 0.537. The number of aryl methyl sites for hydroxylation is 1. The van der Waals surface area contributed by atoms with Crippen molar-refractivity contribution in [3.8, 4) is 0 Å². The van der Waals surface area contributed by atoms with Crippen molar-refractivity contribution in [3.05, 3.63) is 84.2 Å². The van der Waals surface area contributed by atoms with Crippen LogP contribution in [0.5, 0.6) is 0 Å². The number of amides is 1. The Morgan fingerprint density at radius 3 is 2.30 bits per heavy atom. The molecule has 3 rings (SSSR count). The molecule has 0 aromatic heterocycles.